The molecule has 5 heteroatoms. The maximum Gasteiger partial charge on any atom is 0.192 e. The topological polar surface area (TPSA) is 60.2 Å². The highest BCUT2D eigenvalue weighted by atomic mass is 32.2. The number of aryl methyl sites for hydroxylation is 1. The minimum Gasteiger partial charge on any atom is -0.441 e. The highest BCUT2D eigenvalue weighted by Gasteiger charge is 2.43. The zero-order valence-corrected chi connectivity index (χ0v) is 12.0. The van der Waals surface area contributed by atoms with Gasteiger partial charge in [-0.05, 0) is 42.5 Å². The number of benzene rings is 1. The lowest BCUT2D eigenvalue weighted by Gasteiger charge is -2.20. The molecule has 2 aliphatic heterocycles. The third-order valence-electron chi connectivity index (χ3n) is 4.36. The van der Waals surface area contributed by atoms with Crippen molar-refractivity contribution in [2.45, 2.75) is 36.7 Å². The van der Waals surface area contributed by atoms with Gasteiger partial charge >= 0.3 is 0 Å². The molecule has 4 rings (SSSR count). The Morgan fingerprint density at radius 1 is 1.30 bits per heavy atom. The van der Waals surface area contributed by atoms with Crippen LogP contribution in [0.1, 0.15) is 30.7 Å². The molecule has 0 radical (unpaired) electrons. The van der Waals surface area contributed by atoms with E-state index in [2.05, 4.69) is 4.98 Å². The van der Waals surface area contributed by atoms with Crippen LogP contribution in [0.15, 0.2) is 28.7 Å². The Morgan fingerprint density at radius 2 is 2.15 bits per heavy atom. The first kappa shape index (κ1) is 12.1. The summed E-state index contributed by atoms with van der Waals surface area (Å²) in [5.74, 6) is 0.650. The fourth-order valence-corrected chi connectivity index (χ4v) is 5.51. The van der Waals surface area contributed by atoms with Crippen LogP contribution in [-0.2, 0) is 9.84 Å². The van der Waals surface area contributed by atoms with Crippen LogP contribution >= 0.6 is 0 Å². The summed E-state index contributed by atoms with van der Waals surface area (Å²) in [5, 5.41) is -0.478. The smallest absolute Gasteiger partial charge is 0.192 e. The Hall–Kier alpha value is -1.62. The van der Waals surface area contributed by atoms with Crippen LogP contribution < -0.4 is 0 Å². The molecule has 1 fully saturated rings. The van der Waals surface area contributed by atoms with Crippen LogP contribution in [0.2, 0.25) is 0 Å². The molecule has 2 aromatic rings. The van der Waals surface area contributed by atoms with Gasteiger partial charge in [0.15, 0.2) is 21.3 Å². The molecule has 2 unspecified atom stereocenters. The Balaban J connectivity index is 1.80. The number of hydrogen-bond donors (Lipinski definition) is 0. The van der Waals surface area contributed by atoms with Gasteiger partial charge in [-0.1, -0.05) is 12.1 Å². The lowest BCUT2D eigenvalue weighted by atomic mass is 10.0. The van der Waals surface area contributed by atoms with Gasteiger partial charge in [0, 0.05) is 6.92 Å². The van der Waals surface area contributed by atoms with Gasteiger partial charge in [0.2, 0.25) is 0 Å². The van der Waals surface area contributed by atoms with E-state index < -0.39 is 9.84 Å². The van der Waals surface area contributed by atoms with Gasteiger partial charge in [0.1, 0.15) is 5.52 Å². The predicted octanol–water partition coefficient (Wildman–Crippen LogP) is 2.87. The second kappa shape index (κ2) is 3.95. The molecule has 1 saturated heterocycles. The van der Waals surface area contributed by atoms with Gasteiger partial charge in [0.25, 0.3) is 0 Å². The first-order valence-electron chi connectivity index (χ1n) is 6.85. The van der Waals surface area contributed by atoms with Crippen LogP contribution in [0.5, 0.6) is 0 Å². The monoisotopic (exact) mass is 289 g/mol. The van der Waals surface area contributed by atoms with Gasteiger partial charge in [-0.15, -0.1) is 0 Å². The van der Waals surface area contributed by atoms with E-state index in [0.717, 1.165) is 35.1 Å². The van der Waals surface area contributed by atoms with Crippen molar-refractivity contribution in [1.29, 1.82) is 0 Å². The van der Waals surface area contributed by atoms with Crippen molar-refractivity contribution in [1.82, 2.24) is 4.98 Å². The fraction of sp³-hybridized carbons (Fsp3) is 0.400. The number of allylic oxidation sites excluding steroid dienone is 1. The number of aromatic nitrogens is 1. The van der Waals surface area contributed by atoms with Crippen molar-refractivity contribution in [3.63, 3.8) is 0 Å². The normalized spacial score (nSPS) is 27.8. The van der Waals surface area contributed by atoms with Gasteiger partial charge in [0.05, 0.1) is 10.5 Å². The number of fused-ring (bicyclic) bond motifs is 3. The second-order valence-corrected chi connectivity index (χ2v) is 8.09. The van der Waals surface area contributed by atoms with E-state index in [0.29, 0.717) is 12.3 Å². The maximum absolute atomic E-state index is 12.1. The summed E-state index contributed by atoms with van der Waals surface area (Å²) < 4.78 is 29.7. The van der Waals surface area contributed by atoms with Crippen molar-refractivity contribution < 1.29 is 12.8 Å². The molecule has 3 heterocycles. The lowest BCUT2D eigenvalue weighted by Crippen LogP contribution is -2.26. The van der Waals surface area contributed by atoms with Crippen molar-refractivity contribution in [2.75, 3.05) is 0 Å². The molecule has 1 aromatic heterocycles. The van der Waals surface area contributed by atoms with E-state index in [1.807, 2.05) is 31.2 Å². The van der Waals surface area contributed by atoms with Crippen LogP contribution in [0.25, 0.3) is 16.7 Å². The van der Waals surface area contributed by atoms with Crippen LogP contribution in [0.3, 0.4) is 0 Å². The highest BCUT2D eigenvalue weighted by Crippen LogP contribution is 2.41. The molecular weight excluding hydrogens is 274 g/mol. The van der Waals surface area contributed by atoms with Gasteiger partial charge < -0.3 is 4.42 Å². The van der Waals surface area contributed by atoms with E-state index in [1.165, 1.54) is 0 Å². The number of oxazole rings is 1. The molecule has 2 aliphatic rings. The number of nitrogens with zero attached hydrogens (tertiary/aromatic N) is 1. The summed E-state index contributed by atoms with van der Waals surface area (Å²) in [4.78, 5) is 4.34. The van der Waals surface area contributed by atoms with E-state index in [1.54, 1.807) is 0 Å². The second-order valence-electron chi connectivity index (χ2n) is 5.64. The van der Waals surface area contributed by atoms with E-state index in [-0.39, 0.29) is 10.5 Å². The van der Waals surface area contributed by atoms with Crippen molar-refractivity contribution in [3.8, 4) is 0 Å². The Labute approximate surface area is 117 Å². The minimum absolute atomic E-state index is 0.192. The first-order valence-corrected chi connectivity index (χ1v) is 8.46. The molecule has 0 aliphatic carbocycles. The quantitative estimate of drug-likeness (QED) is 0.810. The molecule has 104 valence electrons. The highest BCUT2D eigenvalue weighted by molar-refractivity contribution is 7.93. The first-order chi connectivity index (χ1) is 9.54. The van der Waals surface area contributed by atoms with Gasteiger partial charge in [-0.2, -0.15) is 0 Å². The lowest BCUT2D eigenvalue weighted by molar-refractivity contribution is 0.561. The molecular formula is C15H15NO3S. The molecule has 0 saturated carbocycles. The zero-order valence-electron chi connectivity index (χ0n) is 11.2. The summed E-state index contributed by atoms with van der Waals surface area (Å²) in [6.45, 7) is 1.83. The Bertz CT molecular complexity index is 832. The zero-order chi connectivity index (χ0) is 13.9. The summed E-state index contributed by atoms with van der Waals surface area (Å²) in [6, 6.07) is 5.90. The van der Waals surface area contributed by atoms with Gasteiger partial charge in [-0.3, -0.25) is 0 Å². The van der Waals surface area contributed by atoms with Crippen LogP contribution in [0.4, 0.5) is 0 Å². The number of hydrogen-bond acceptors (Lipinski definition) is 4. The number of rotatable bonds is 1. The average molecular weight is 289 g/mol. The molecule has 1 aromatic carbocycles. The Kier molecular flexibility index (Phi) is 2.40. The Morgan fingerprint density at radius 3 is 2.95 bits per heavy atom. The third-order valence-corrected chi connectivity index (χ3v) is 6.91. The molecule has 0 spiro atoms. The molecule has 2 atom stereocenters. The minimum atomic E-state index is -2.92. The molecule has 20 heavy (non-hydrogen) atoms. The van der Waals surface area contributed by atoms with E-state index in [4.69, 9.17) is 4.42 Å². The van der Waals surface area contributed by atoms with Crippen molar-refractivity contribution >= 4 is 26.5 Å². The van der Waals surface area contributed by atoms with E-state index in [9.17, 15) is 8.42 Å². The fourth-order valence-electron chi connectivity index (χ4n) is 3.32. The van der Waals surface area contributed by atoms with Gasteiger partial charge in [-0.25, -0.2) is 13.4 Å². The molecule has 0 N–H and O–H groups in total. The summed E-state index contributed by atoms with van der Waals surface area (Å²) in [6.07, 6.45) is 4.12. The molecule has 0 amide bonds. The van der Waals surface area contributed by atoms with Crippen LogP contribution in [0, 0.1) is 6.92 Å². The summed E-state index contributed by atoms with van der Waals surface area (Å²) >= 11 is 0. The standard InChI is InChI=1S/C15H15NO3S/c1-9-16-14-8-10(2-5-15(14)19-9)11-6-12-3-4-13(7-11)20(12,17)18/h2,5-6,8,12-13H,3-4,7H2,1H3. The largest absolute Gasteiger partial charge is 0.441 e. The van der Waals surface area contributed by atoms with E-state index >= 15 is 0 Å². The SMILES string of the molecule is Cc1nc2cc(C3=CC4CCC(C3)S4(=O)=O)ccc2o1. The number of sulfone groups is 1. The predicted molar refractivity (Wildman–Crippen MR) is 77.1 cm³/mol. The summed E-state index contributed by atoms with van der Waals surface area (Å²) in [7, 11) is -2.92. The summed E-state index contributed by atoms with van der Waals surface area (Å²) in [5.41, 5.74) is 3.81. The van der Waals surface area contributed by atoms with Crippen LogP contribution in [-0.4, -0.2) is 23.9 Å². The third kappa shape index (κ3) is 1.66. The maximum atomic E-state index is 12.1. The molecule has 2 bridgehead atoms. The molecule has 4 nitrogen and oxygen atoms in total. The van der Waals surface area contributed by atoms with Crippen molar-refractivity contribution in [2.24, 2.45) is 0 Å². The average Bonchev–Trinajstić information content (AvgIpc) is 2.79. The van der Waals surface area contributed by atoms with Crippen molar-refractivity contribution in [3.05, 3.63) is 35.7 Å².